The Kier molecular flexibility index (Phi) is 11.0. The molecule has 7 heteroatoms. The Morgan fingerprint density at radius 3 is 2.65 bits per heavy atom. The van der Waals surface area contributed by atoms with E-state index in [9.17, 15) is 4.79 Å². The van der Waals surface area contributed by atoms with Crippen molar-refractivity contribution in [2.45, 2.75) is 26.3 Å². The predicted molar refractivity (Wildman–Crippen MR) is 121 cm³/mol. The standard InChI is InChI=1S/C19H26N4OS.HI/c1-3-10-21-18(24)16-7-4-6-15(13-16)14-23-19(20-2)22-11-9-17-8-5-12-25-17;/h4-8,12-13H,3,9-11,14H2,1-2H3,(H,21,24)(H2,20,22,23);1H. The first-order valence-corrected chi connectivity index (χ1v) is 9.45. The summed E-state index contributed by atoms with van der Waals surface area (Å²) in [6, 6.07) is 11.9. The first-order valence-electron chi connectivity index (χ1n) is 8.57. The summed E-state index contributed by atoms with van der Waals surface area (Å²) in [5, 5.41) is 11.6. The summed E-state index contributed by atoms with van der Waals surface area (Å²) in [5.41, 5.74) is 1.73. The number of carbonyl (C=O) groups excluding carboxylic acids is 1. The number of thiophene rings is 1. The Hall–Kier alpha value is -1.61. The second-order valence-electron chi connectivity index (χ2n) is 5.64. The summed E-state index contributed by atoms with van der Waals surface area (Å²) >= 11 is 1.76. The molecule has 0 aliphatic heterocycles. The average molecular weight is 486 g/mol. The van der Waals surface area contributed by atoms with E-state index in [2.05, 4.69) is 38.5 Å². The number of hydrogen-bond donors (Lipinski definition) is 3. The summed E-state index contributed by atoms with van der Waals surface area (Å²) in [6.07, 6.45) is 1.91. The van der Waals surface area contributed by atoms with Crippen LogP contribution in [0.2, 0.25) is 0 Å². The molecule has 0 spiro atoms. The van der Waals surface area contributed by atoms with Gasteiger partial charge in [0.2, 0.25) is 0 Å². The molecule has 0 fully saturated rings. The van der Waals surface area contributed by atoms with Crippen LogP contribution < -0.4 is 16.0 Å². The van der Waals surface area contributed by atoms with E-state index in [0.29, 0.717) is 18.7 Å². The smallest absolute Gasteiger partial charge is 0.251 e. The lowest BCUT2D eigenvalue weighted by Crippen LogP contribution is -2.37. The number of rotatable bonds is 8. The molecule has 0 unspecified atom stereocenters. The molecule has 0 saturated heterocycles. The number of carbonyl (C=O) groups is 1. The third-order valence-electron chi connectivity index (χ3n) is 3.65. The highest BCUT2D eigenvalue weighted by molar-refractivity contribution is 14.0. The van der Waals surface area contributed by atoms with Gasteiger partial charge in [0.1, 0.15) is 0 Å². The third-order valence-corrected chi connectivity index (χ3v) is 4.59. The van der Waals surface area contributed by atoms with Crippen molar-refractivity contribution >= 4 is 47.2 Å². The van der Waals surface area contributed by atoms with Gasteiger partial charge in [-0.3, -0.25) is 9.79 Å². The molecule has 5 nitrogen and oxygen atoms in total. The molecule has 2 rings (SSSR count). The van der Waals surface area contributed by atoms with Crippen molar-refractivity contribution in [1.29, 1.82) is 0 Å². The van der Waals surface area contributed by atoms with Crippen LogP contribution in [0.25, 0.3) is 0 Å². The second kappa shape index (κ2) is 12.7. The minimum atomic E-state index is -0.0258. The molecule has 0 aliphatic rings. The maximum absolute atomic E-state index is 12.0. The van der Waals surface area contributed by atoms with Gasteiger partial charge in [0.05, 0.1) is 0 Å². The molecular formula is C19H27IN4OS. The van der Waals surface area contributed by atoms with Crippen LogP contribution in [0.5, 0.6) is 0 Å². The van der Waals surface area contributed by atoms with Gasteiger partial charge in [-0.25, -0.2) is 0 Å². The number of nitrogens with zero attached hydrogens (tertiary/aromatic N) is 1. The molecule has 26 heavy (non-hydrogen) atoms. The van der Waals surface area contributed by atoms with Gasteiger partial charge in [-0.05, 0) is 42.0 Å². The molecule has 0 radical (unpaired) electrons. The Labute approximate surface area is 176 Å². The van der Waals surface area contributed by atoms with Gasteiger partial charge in [-0.2, -0.15) is 0 Å². The largest absolute Gasteiger partial charge is 0.356 e. The molecule has 0 bridgehead atoms. The molecule has 3 N–H and O–H groups in total. The maximum Gasteiger partial charge on any atom is 0.251 e. The highest BCUT2D eigenvalue weighted by Crippen LogP contribution is 2.08. The van der Waals surface area contributed by atoms with E-state index in [4.69, 9.17) is 0 Å². The first-order chi connectivity index (χ1) is 12.2. The molecule has 1 aromatic carbocycles. The zero-order chi connectivity index (χ0) is 17.9. The van der Waals surface area contributed by atoms with Crippen LogP contribution in [0.1, 0.15) is 34.1 Å². The van der Waals surface area contributed by atoms with Crippen LogP contribution in [-0.2, 0) is 13.0 Å². The fourth-order valence-corrected chi connectivity index (χ4v) is 3.04. The van der Waals surface area contributed by atoms with Crippen molar-refractivity contribution in [2.24, 2.45) is 4.99 Å². The summed E-state index contributed by atoms with van der Waals surface area (Å²) in [5.74, 6) is 0.736. The van der Waals surface area contributed by atoms with Crippen LogP contribution in [0.4, 0.5) is 0 Å². The number of nitrogens with one attached hydrogen (secondary N) is 3. The van der Waals surface area contributed by atoms with Crippen LogP contribution in [0.3, 0.4) is 0 Å². The quantitative estimate of drug-likeness (QED) is 0.305. The molecule has 1 amide bonds. The van der Waals surface area contributed by atoms with Gasteiger partial charge < -0.3 is 16.0 Å². The minimum Gasteiger partial charge on any atom is -0.356 e. The Balaban J connectivity index is 0.00000338. The fourth-order valence-electron chi connectivity index (χ4n) is 2.33. The lowest BCUT2D eigenvalue weighted by Gasteiger charge is -2.12. The first kappa shape index (κ1) is 22.4. The lowest BCUT2D eigenvalue weighted by atomic mass is 10.1. The van der Waals surface area contributed by atoms with E-state index in [1.54, 1.807) is 18.4 Å². The van der Waals surface area contributed by atoms with E-state index < -0.39 is 0 Å². The van der Waals surface area contributed by atoms with Crippen molar-refractivity contribution < 1.29 is 4.79 Å². The number of aliphatic imine (C=N–C) groups is 1. The van der Waals surface area contributed by atoms with Gasteiger partial charge >= 0.3 is 0 Å². The Morgan fingerprint density at radius 1 is 1.12 bits per heavy atom. The normalized spacial score (nSPS) is 10.8. The van der Waals surface area contributed by atoms with E-state index in [1.807, 2.05) is 31.2 Å². The van der Waals surface area contributed by atoms with Crippen molar-refractivity contribution in [1.82, 2.24) is 16.0 Å². The van der Waals surface area contributed by atoms with Gasteiger partial charge in [-0.15, -0.1) is 35.3 Å². The third kappa shape index (κ3) is 7.74. The molecule has 1 aromatic heterocycles. The molecule has 0 atom stereocenters. The van der Waals surface area contributed by atoms with E-state index in [0.717, 1.165) is 30.9 Å². The fraction of sp³-hybridized carbons (Fsp3) is 0.368. The molecule has 2 aromatic rings. The van der Waals surface area contributed by atoms with Gasteiger partial charge in [-0.1, -0.05) is 25.1 Å². The van der Waals surface area contributed by atoms with Crippen LogP contribution in [0.15, 0.2) is 46.8 Å². The minimum absolute atomic E-state index is 0. The summed E-state index contributed by atoms with van der Waals surface area (Å²) < 4.78 is 0. The van der Waals surface area contributed by atoms with Crippen LogP contribution in [0, 0.1) is 0 Å². The second-order valence-corrected chi connectivity index (χ2v) is 6.67. The molecule has 142 valence electrons. The van der Waals surface area contributed by atoms with Crippen molar-refractivity contribution in [2.75, 3.05) is 20.1 Å². The zero-order valence-electron chi connectivity index (χ0n) is 15.2. The molecule has 0 saturated carbocycles. The number of guanidine groups is 1. The van der Waals surface area contributed by atoms with Gasteiger partial charge in [0.25, 0.3) is 5.91 Å². The van der Waals surface area contributed by atoms with Crippen LogP contribution >= 0.6 is 35.3 Å². The summed E-state index contributed by atoms with van der Waals surface area (Å²) in [7, 11) is 1.76. The zero-order valence-corrected chi connectivity index (χ0v) is 18.4. The summed E-state index contributed by atoms with van der Waals surface area (Å²) in [6.45, 7) is 4.19. The van der Waals surface area contributed by atoms with Crippen molar-refractivity contribution in [3.63, 3.8) is 0 Å². The summed E-state index contributed by atoms with van der Waals surface area (Å²) in [4.78, 5) is 17.6. The number of benzene rings is 1. The van der Waals surface area contributed by atoms with Gasteiger partial charge in [0, 0.05) is 37.1 Å². The monoisotopic (exact) mass is 486 g/mol. The number of hydrogen-bond acceptors (Lipinski definition) is 3. The van der Waals surface area contributed by atoms with Crippen LogP contribution in [-0.4, -0.2) is 32.0 Å². The lowest BCUT2D eigenvalue weighted by molar-refractivity contribution is 0.0953. The predicted octanol–water partition coefficient (Wildman–Crippen LogP) is 3.41. The maximum atomic E-state index is 12.0. The topological polar surface area (TPSA) is 65.5 Å². The molecule has 1 heterocycles. The highest BCUT2D eigenvalue weighted by atomic mass is 127. The Morgan fingerprint density at radius 2 is 1.96 bits per heavy atom. The van der Waals surface area contributed by atoms with Crippen molar-refractivity contribution in [3.8, 4) is 0 Å². The van der Waals surface area contributed by atoms with Crippen molar-refractivity contribution in [3.05, 3.63) is 57.8 Å². The molecular weight excluding hydrogens is 459 g/mol. The van der Waals surface area contributed by atoms with E-state index in [-0.39, 0.29) is 29.9 Å². The number of halogens is 1. The Bertz CT molecular complexity index is 689. The average Bonchev–Trinajstić information content (AvgIpc) is 3.16. The SMILES string of the molecule is CCCNC(=O)c1cccc(CNC(=NC)NCCc2cccs2)c1.I. The molecule has 0 aliphatic carbocycles. The highest BCUT2D eigenvalue weighted by Gasteiger charge is 2.06. The van der Waals surface area contributed by atoms with E-state index in [1.165, 1.54) is 4.88 Å². The van der Waals surface area contributed by atoms with E-state index >= 15 is 0 Å². The number of amides is 1. The van der Waals surface area contributed by atoms with Gasteiger partial charge in [0.15, 0.2) is 5.96 Å².